The van der Waals surface area contributed by atoms with Crippen molar-refractivity contribution in [2.24, 2.45) is 0 Å². The van der Waals surface area contributed by atoms with Gasteiger partial charge in [-0.25, -0.2) is 9.97 Å². The Hall–Kier alpha value is -0.950. The predicted octanol–water partition coefficient (Wildman–Crippen LogP) is 3.43. The van der Waals surface area contributed by atoms with Crippen LogP contribution in [0.4, 0.5) is 0 Å². The number of methoxy groups -OCH3 is 1. The molecule has 0 radical (unpaired) electrons. The van der Waals surface area contributed by atoms with Gasteiger partial charge in [0, 0.05) is 42.0 Å². The number of hydrogen-bond donors (Lipinski definition) is 1. The summed E-state index contributed by atoms with van der Waals surface area (Å²) in [6.45, 7) is 4.32. The molecule has 2 rings (SSSR count). The summed E-state index contributed by atoms with van der Waals surface area (Å²) in [5, 5.41) is 4.12. The van der Waals surface area contributed by atoms with E-state index in [4.69, 9.17) is 4.74 Å². The highest BCUT2D eigenvalue weighted by Gasteiger charge is 2.07. The lowest BCUT2D eigenvalue weighted by atomic mass is 10.2. The third-order valence-corrected chi connectivity index (χ3v) is 4.27. The smallest absolute Gasteiger partial charge is 0.192 e. The lowest BCUT2D eigenvalue weighted by Crippen LogP contribution is -2.18. The first kappa shape index (κ1) is 16.4. The van der Waals surface area contributed by atoms with Crippen molar-refractivity contribution in [3.63, 3.8) is 0 Å². The molecule has 1 N–H and O–H groups in total. The fourth-order valence-electron chi connectivity index (χ4n) is 1.70. The Labute approximate surface area is 137 Å². The summed E-state index contributed by atoms with van der Waals surface area (Å²) in [6, 6.07) is 6.26. The quantitative estimate of drug-likeness (QED) is 0.599. The second-order valence-corrected chi connectivity index (χ2v) is 6.49. The average molecular weight is 368 g/mol. The van der Waals surface area contributed by atoms with E-state index in [-0.39, 0.29) is 0 Å². The van der Waals surface area contributed by atoms with Crippen molar-refractivity contribution >= 4 is 27.7 Å². The summed E-state index contributed by atoms with van der Waals surface area (Å²) < 4.78 is 6.09. The molecule has 1 aromatic carbocycles. The summed E-state index contributed by atoms with van der Waals surface area (Å²) in [6.07, 6.45) is 3.67. The van der Waals surface area contributed by atoms with Gasteiger partial charge in [0.25, 0.3) is 0 Å². The van der Waals surface area contributed by atoms with Crippen molar-refractivity contribution in [2.45, 2.75) is 23.5 Å². The van der Waals surface area contributed by atoms with Gasteiger partial charge in [0.15, 0.2) is 5.16 Å². The third kappa shape index (κ3) is 5.39. The van der Waals surface area contributed by atoms with E-state index in [0.29, 0.717) is 6.61 Å². The molecule has 112 valence electrons. The highest BCUT2D eigenvalue weighted by molar-refractivity contribution is 9.10. The van der Waals surface area contributed by atoms with Crippen LogP contribution in [-0.4, -0.2) is 30.2 Å². The minimum atomic E-state index is 0.708. The molecule has 0 saturated heterocycles. The molecule has 0 aliphatic carbocycles. The van der Waals surface area contributed by atoms with E-state index in [2.05, 4.69) is 43.3 Å². The van der Waals surface area contributed by atoms with E-state index in [0.717, 1.165) is 33.2 Å². The van der Waals surface area contributed by atoms with Crippen LogP contribution in [0.1, 0.15) is 11.1 Å². The zero-order valence-corrected chi connectivity index (χ0v) is 14.5. The topological polar surface area (TPSA) is 47.0 Å². The molecule has 2 aromatic rings. The van der Waals surface area contributed by atoms with Gasteiger partial charge in [0.1, 0.15) is 0 Å². The van der Waals surface area contributed by atoms with E-state index in [9.17, 15) is 0 Å². The number of aryl methyl sites for hydroxylation is 1. The average Bonchev–Trinajstić information content (AvgIpc) is 2.48. The molecule has 0 aliphatic rings. The van der Waals surface area contributed by atoms with Gasteiger partial charge in [-0.15, -0.1) is 0 Å². The summed E-state index contributed by atoms with van der Waals surface area (Å²) in [7, 11) is 1.71. The summed E-state index contributed by atoms with van der Waals surface area (Å²) in [5.41, 5.74) is 2.29. The number of hydrogen-bond acceptors (Lipinski definition) is 5. The third-order valence-electron chi connectivity index (χ3n) is 2.79. The Morgan fingerprint density at radius 2 is 2.05 bits per heavy atom. The van der Waals surface area contributed by atoms with Gasteiger partial charge in [-0.2, -0.15) is 0 Å². The van der Waals surface area contributed by atoms with Gasteiger partial charge in [-0.3, -0.25) is 0 Å². The molecule has 0 unspecified atom stereocenters. The maximum absolute atomic E-state index is 5.04. The SMILES string of the molecule is COCCNCc1ccc(Br)cc1Sc1ncc(C)cn1. The monoisotopic (exact) mass is 367 g/mol. The standard InChI is InChI=1S/C15H18BrN3OS/c1-11-8-18-15(19-9-11)21-14-7-13(16)4-3-12(14)10-17-5-6-20-2/h3-4,7-9,17H,5-6,10H2,1-2H3. The van der Waals surface area contributed by atoms with Crippen molar-refractivity contribution in [3.8, 4) is 0 Å². The highest BCUT2D eigenvalue weighted by Crippen LogP contribution is 2.30. The van der Waals surface area contributed by atoms with Crippen molar-refractivity contribution in [3.05, 3.63) is 46.2 Å². The zero-order chi connectivity index (χ0) is 15.1. The van der Waals surface area contributed by atoms with Crippen LogP contribution >= 0.6 is 27.7 Å². The van der Waals surface area contributed by atoms with Crippen LogP contribution in [0.5, 0.6) is 0 Å². The number of rotatable bonds is 7. The lowest BCUT2D eigenvalue weighted by molar-refractivity contribution is 0.199. The second-order valence-electron chi connectivity index (χ2n) is 4.57. The number of benzene rings is 1. The maximum atomic E-state index is 5.04. The number of ether oxygens (including phenoxy) is 1. The Balaban J connectivity index is 2.09. The Bertz CT molecular complexity index is 578. The maximum Gasteiger partial charge on any atom is 0.192 e. The van der Waals surface area contributed by atoms with E-state index >= 15 is 0 Å². The minimum Gasteiger partial charge on any atom is -0.383 e. The van der Waals surface area contributed by atoms with E-state index < -0.39 is 0 Å². The second kappa shape index (κ2) is 8.48. The lowest BCUT2D eigenvalue weighted by Gasteiger charge is -2.10. The van der Waals surface area contributed by atoms with Crippen LogP contribution in [0, 0.1) is 6.92 Å². The zero-order valence-electron chi connectivity index (χ0n) is 12.1. The number of nitrogens with one attached hydrogen (secondary N) is 1. The number of halogens is 1. The van der Waals surface area contributed by atoms with E-state index in [1.54, 1.807) is 18.9 Å². The Morgan fingerprint density at radius 3 is 2.76 bits per heavy atom. The van der Waals surface area contributed by atoms with Crippen molar-refractivity contribution in [1.29, 1.82) is 0 Å². The van der Waals surface area contributed by atoms with Gasteiger partial charge >= 0.3 is 0 Å². The molecule has 0 saturated carbocycles. The summed E-state index contributed by atoms with van der Waals surface area (Å²) >= 11 is 5.10. The number of aromatic nitrogens is 2. The first-order chi connectivity index (χ1) is 10.2. The van der Waals surface area contributed by atoms with Crippen LogP contribution in [0.25, 0.3) is 0 Å². The fourth-order valence-corrected chi connectivity index (χ4v) is 3.08. The van der Waals surface area contributed by atoms with Gasteiger partial charge in [0.05, 0.1) is 6.61 Å². The molecule has 0 spiro atoms. The van der Waals surface area contributed by atoms with Crippen LogP contribution < -0.4 is 5.32 Å². The first-order valence-corrected chi connectivity index (χ1v) is 8.24. The van der Waals surface area contributed by atoms with Crippen molar-refractivity contribution in [1.82, 2.24) is 15.3 Å². The van der Waals surface area contributed by atoms with Crippen LogP contribution in [0.2, 0.25) is 0 Å². The fraction of sp³-hybridized carbons (Fsp3) is 0.333. The Kier molecular flexibility index (Phi) is 6.63. The van der Waals surface area contributed by atoms with Crippen LogP contribution in [0.15, 0.2) is 45.1 Å². The molecule has 0 aliphatic heterocycles. The van der Waals surface area contributed by atoms with Crippen molar-refractivity contribution < 1.29 is 4.74 Å². The van der Waals surface area contributed by atoms with Crippen LogP contribution in [0.3, 0.4) is 0 Å². The molecular weight excluding hydrogens is 350 g/mol. The summed E-state index contributed by atoms with van der Waals surface area (Å²) in [5.74, 6) is 0. The van der Waals surface area contributed by atoms with Gasteiger partial charge in [-0.1, -0.05) is 22.0 Å². The molecule has 0 fully saturated rings. The van der Waals surface area contributed by atoms with Gasteiger partial charge in [-0.05, 0) is 41.9 Å². The molecule has 0 bridgehead atoms. The minimum absolute atomic E-state index is 0.708. The van der Waals surface area contributed by atoms with Gasteiger partial charge < -0.3 is 10.1 Å². The molecule has 4 nitrogen and oxygen atoms in total. The van der Waals surface area contributed by atoms with E-state index in [1.807, 2.05) is 25.4 Å². The van der Waals surface area contributed by atoms with Gasteiger partial charge in [0.2, 0.25) is 0 Å². The molecule has 6 heteroatoms. The highest BCUT2D eigenvalue weighted by atomic mass is 79.9. The van der Waals surface area contributed by atoms with E-state index in [1.165, 1.54) is 5.56 Å². The molecule has 0 amide bonds. The normalized spacial score (nSPS) is 10.8. The molecule has 1 aromatic heterocycles. The summed E-state index contributed by atoms with van der Waals surface area (Å²) in [4.78, 5) is 9.85. The molecule has 0 atom stereocenters. The molecule has 1 heterocycles. The van der Waals surface area contributed by atoms with Crippen molar-refractivity contribution in [2.75, 3.05) is 20.3 Å². The molecule has 21 heavy (non-hydrogen) atoms. The number of nitrogens with zero attached hydrogens (tertiary/aromatic N) is 2. The first-order valence-electron chi connectivity index (χ1n) is 6.63. The molecular formula is C15H18BrN3OS. The predicted molar refractivity (Wildman–Crippen MR) is 88.6 cm³/mol. The Morgan fingerprint density at radius 1 is 1.29 bits per heavy atom. The largest absolute Gasteiger partial charge is 0.383 e. The van der Waals surface area contributed by atoms with Crippen LogP contribution in [-0.2, 0) is 11.3 Å².